The summed E-state index contributed by atoms with van der Waals surface area (Å²) in [4.78, 5) is 19.1. The first-order chi connectivity index (χ1) is 13.7. The van der Waals surface area contributed by atoms with Gasteiger partial charge in [-0.25, -0.2) is 0 Å². The molecule has 1 aliphatic heterocycles. The number of carbonyl (C=O) groups is 1. The van der Waals surface area contributed by atoms with E-state index in [4.69, 9.17) is 4.52 Å². The van der Waals surface area contributed by atoms with Crippen molar-refractivity contribution in [2.45, 2.75) is 38.3 Å². The fourth-order valence-electron chi connectivity index (χ4n) is 3.58. The second-order valence-electron chi connectivity index (χ2n) is 7.16. The number of nitrogens with zero attached hydrogens (tertiary/aromatic N) is 3. The monoisotopic (exact) mass is 396 g/mol. The average molecular weight is 397 g/mol. The van der Waals surface area contributed by atoms with E-state index in [9.17, 15) is 4.79 Å². The first-order valence-corrected chi connectivity index (χ1v) is 10.6. The molecule has 0 spiro atoms. The van der Waals surface area contributed by atoms with Gasteiger partial charge in [0.1, 0.15) is 0 Å². The molecule has 28 heavy (non-hydrogen) atoms. The highest BCUT2D eigenvalue weighted by molar-refractivity contribution is 7.08. The summed E-state index contributed by atoms with van der Waals surface area (Å²) in [5.41, 5.74) is 2.26. The Bertz CT molecular complexity index is 894. The van der Waals surface area contributed by atoms with E-state index in [0.717, 1.165) is 25.1 Å². The SMILES string of the molecule is CC(c1ccccc1)N1CCC(NC(=O)CCc2nc(-c3ccsc3)no2)C1. The molecule has 146 valence electrons. The van der Waals surface area contributed by atoms with Crippen LogP contribution in [0.4, 0.5) is 0 Å². The summed E-state index contributed by atoms with van der Waals surface area (Å²) in [5, 5.41) is 11.1. The molecule has 1 aliphatic rings. The molecule has 3 aromatic rings. The molecule has 6 nitrogen and oxygen atoms in total. The highest BCUT2D eigenvalue weighted by Crippen LogP contribution is 2.24. The number of aryl methyl sites for hydroxylation is 1. The van der Waals surface area contributed by atoms with Crippen molar-refractivity contribution in [2.24, 2.45) is 0 Å². The number of rotatable bonds is 7. The lowest BCUT2D eigenvalue weighted by atomic mass is 10.1. The first kappa shape index (κ1) is 18.8. The minimum absolute atomic E-state index is 0.0366. The van der Waals surface area contributed by atoms with E-state index < -0.39 is 0 Å². The van der Waals surface area contributed by atoms with E-state index in [2.05, 4.69) is 51.5 Å². The number of hydrogen-bond donors (Lipinski definition) is 1. The van der Waals surface area contributed by atoms with Crippen molar-refractivity contribution in [1.82, 2.24) is 20.4 Å². The van der Waals surface area contributed by atoms with Crippen LogP contribution in [0, 0.1) is 0 Å². The van der Waals surface area contributed by atoms with Gasteiger partial charge in [-0.05, 0) is 30.4 Å². The van der Waals surface area contributed by atoms with Crippen LogP contribution >= 0.6 is 11.3 Å². The van der Waals surface area contributed by atoms with Gasteiger partial charge >= 0.3 is 0 Å². The molecule has 1 N–H and O–H groups in total. The van der Waals surface area contributed by atoms with E-state index in [-0.39, 0.29) is 11.9 Å². The van der Waals surface area contributed by atoms with Gasteiger partial charge in [0.2, 0.25) is 17.6 Å². The molecule has 2 aromatic heterocycles. The molecule has 2 unspecified atom stereocenters. The molecule has 7 heteroatoms. The zero-order valence-corrected chi connectivity index (χ0v) is 16.7. The Hall–Kier alpha value is -2.51. The molecule has 0 saturated carbocycles. The third-order valence-electron chi connectivity index (χ3n) is 5.23. The van der Waals surface area contributed by atoms with Crippen LogP contribution in [0.3, 0.4) is 0 Å². The van der Waals surface area contributed by atoms with Gasteiger partial charge in [-0.15, -0.1) is 0 Å². The van der Waals surface area contributed by atoms with Crippen molar-refractivity contribution in [1.29, 1.82) is 0 Å². The maximum atomic E-state index is 12.3. The van der Waals surface area contributed by atoms with Gasteiger partial charge in [0.25, 0.3) is 0 Å². The van der Waals surface area contributed by atoms with Crippen LogP contribution in [0.5, 0.6) is 0 Å². The zero-order valence-electron chi connectivity index (χ0n) is 15.9. The molecule has 4 rings (SSSR count). The smallest absolute Gasteiger partial charge is 0.227 e. The summed E-state index contributed by atoms with van der Waals surface area (Å²) >= 11 is 1.59. The lowest BCUT2D eigenvalue weighted by molar-refractivity contribution is -0.121. The van der Waals surface area contributed by atoms with Crippen molar-refractivity contribution in [3.05, 3.63) is 58.6 Å². The maximum absolute atomic E-state index is 12.3. The van der Waals surface area contributed by atoms with Gasteiger partial charge in [0, 0.05) is 49.0 Å². The van der Waals surface area contributed by atoms with Crippen LogP contribution < -0.4 is 5.32 Å². The molecular weight excluding hydrogens is 372 g/mol. The van der Waals surface area contributed by atoms with Gasteiger partial charge in [0.05, 0.1) is 0 Å². The molecule has 0 aliphatic carbocycles. The number of aromatic nitrogens is 2. The van der Waals surface area contributed by atoms with Crippen molar-refractivity contribution in [3.63, 3.8) is 0 Å². The fourth-order valence-corrected chi connectivity index (χ4v) is 4.22. The van der Waals surface area contributed by atoms with Crippen LogP contribution in [-0.2, 0) is 11.2 Å². The zero-order chi connectivity index (χ0) is 19.3. The Morgan fingerprint density at radius 2 is 2.21 bits per heavy atom. The summed E-state index contributed by atoms with van der Waals surface area (Å²) in [5.74, 6) is 1.12. The quantitative estimate of drug-likeness (QED) is 0.660. The maximum Gasteiger partial charge on any atom is 0.227 e. The number of thiophene rings is 1. The molecule has 0 bridgehead atoms. The van der Waals surface area contributed by atoms with Crippen LogP contribution in [-0.4, -0.2) is 40.1 Å². The highest BCUT2D eigenvalue weighted by atomic mass is 32.1. The van der Waals surface area contributed by atoms with E-state index in [1.807, 2.05) is 22.9 Å². The van der Waals surface area contributed by atoms with Crippen molar-refractivity contribution in [2.75, 3.05) is 13.1 Å². The number of hydrogen-bond acceptors (Lipinski definition) is 6. The largest absolute Gasteiger partial charge is 0.352 e. The second-order valence-corrected chi connectivity index (χ2v) is 7.94. The van der Waals surface area contributed by atoms with Gasteiger partial charge in [-0.2, -0.15) is 16.3 Å². The molecule has 1 aromatic carbocycles. The number of carbonyl (C=O) groups excluding carboxylic acids is 1. The Morgan fingerprint density at radius 3 is 3.00 bits per heavy atom. The van der Waals surface area contributed by atoms with E-state index in [1.165, 1.54) is 5.56 Å². The predicted molar refractivity (Wildman–Crippen MR) is 109 cm³/mol. The van der Waals surface area contributed by atoms with Crippen LogP contribution in [0.15, 0.2) is 51.7 Å². The van der Waals surface area contributed by atoms with E-state index >= 15 is 0 Å². The predicted octanol–water partition coefficient (Wildman–Crippen LogP) is 3.68. The number of nitrogens with one attached hydrogen (secondary N) is 1. The normalized spacial score (nSPS) is 18.2. The molecule has 1 amide bonds. The third-order valence-corrected chi connectivity index (χ3v) is 5.91. The van der Waals surface area contributed by atoms with E-state index in [0.29, 0.717) is 30.6 Å². The average Bonchev–Trinajstić information content (AvgIpc) is 3.47. The Balaban J connectivity index is 1.23. The molecule has 1 saturated heterocycles. The van der Waals surface area contributed by atoms with Gasteiger partial charge in [-0.1, -0.05) is 35.5 Å². The standard InChI is InChI=1S/C21H24N4O2S/c1-15(16-5-3-2-4-6-16)25-11-9-18(13-25)22-19(26)7-8-20-23-21(24-27-20)17-10-12-28-14-17/h2-6,10,12,14-15,18H,7-9,11,13H2,1H3,(H,22,26). The second kappa shape index (κ2) is 8.67. The van der Waals surface area contributed by atoms with Gasteiger partial charge in [0.15, 0.2) is 0 Å². The Kier molecular flexibility index (Phi) is 5.83. The van der Waals surface area contributed by atoms with Crippen LogP contribution in [0.2, 0.25) is 0 Å². The minimum atomic E-state index is 0.0366. The summed E-state index contributed by atoms with van der Waals surface area (Å²) < 4.78 is 5.26. The number of amides is 1. The van der Waals surface area contributed by atoms with Crippen molar-refractivity contribution < 1.29 is 9.32 Å². The first-order valence-electron chi connectivity index (χ1n) is 9.62. The van der Waals surface area contributed by atoms with Crippen molar-refractivity contribution >= 4 is 17.2 Å². The van der Waals surface area contributed by atoms with Gasteiger partial charge < -0.3 is 9.84 Å². The van der Waals surface area contributed by atoms with Crippen LogP contribution in [0.1, 0.15) is 37.3 Å². The molecule has 1 fully saturated rings. The lowest BCUT2D eigenvalue weighted by Gasteiger charge is -2.24. The highest BCUT2D eigenvalue weighted by Gasteiger charge is 2.27. The molecular formula is C21H24N4O2S. The Morgan fingerprint density at radius 1 is 1.36 bits per heavy atom. The third kappa shape index (κ3) is 4.48. The van der Waals surface area contributed by atoms with E-state index in [1.54, 1.807) is 11.3 Å². The lowest BCUT2D eigenvalue weighted by Crippen LogP contribution is -2.37. The van der Waals surface area contributed by atoms with Gasteiger partial charge in [-0.3, -0.25) is 9.69 Å². The Labute approximate surface area is 168 Å². The van der Waals surface area contributed by atoms with Crippen LogP contribution in [0.25, 0.3) is 11.4 Å². The summed E-state index contributed by atoms with van der Waals surface area (Å²) in [6.45, 7) is 4.10. The number of likely N-dealkylation sites (tertiary alicyclic amines) is 1. The molecule has 3 heterocycles. The molecule has 2 atom stereocenters. The summed E-state index contributed by atoms with van der Waals surface area (Å²) in [6, 6.07) is 13.0. The summed E-state index contributed by atoms with van der Waals surface area (Å²) in [7, 11) is 0. The molecule has 0 radical (unpaired) electrons. The minimum Gasteiger partial charge on any atom is -0.352 e. The fraction of sp³-hybridized carbons (Fsp3) is 0.381. The summed E-state index contributed by atoms with van der Waals surface area (Å²) in [6.07, 6.45) is 1.79. The van der Waals surface area contributed by atoms with Crippen molar-refractivity contribution in [3.8, 4) is 11.4 Å². The number of benzene rings is 1. The topological polar surface area (TPSA) is 71.3 Å².